The molecule has 1 heterocycles. The number of benzene rings is 1. The lowest BCUT2D eigenvalue weighted by molar-refractivity contribution is -0.113. The molecule has 3 heteroatoms. The molecule has 2 N–H and O–H groups in total. The smallest absolute Gasteiger partial charge is 0.0644 e. The van der Waals surface area contributed by atoms with Crippen LogP contribution in [0.3, 0.4) is 0 Å². The van der Waals surface area contributed by atoms with E-state index >= 15 is 0 Å². The number of hydrogen-bond acceptors (Lipinski definition) is 3. The summed E-state index contributed by atoms with van der Waals surface area (Å²) in [6.45, 7) is 6.88. The van der Waals surface area contributed by atoms with Gasteiger partial charge in [-0.3, -0.25) is 4.90 Å². The molecular weight excluding hydrogens is 248 g/mol. The van der Waals surface area contributed by atoms with E-state index in [-0.39, 0.29) is 11.1 Å². The number of nitrogens with zero attached hydrogens (tertiary/aromatic N) is 1. The van der Waals surface area contributed by atoms with E-state index < -0.39 is 0 Å². The molecule has 1 atom stereocenters. The van der Waals surface area contributed by atoms with E-state index in [1.807, 2.05) is 0 Å². The Labute approximate surface area is 123 Å². The lowest BCUT2D eigenvalue weighted by Gasteiger charge is -2.49. The SMILES string of the molecule is CN(CCc1ccccc1)C1(CN)CCOC(C)(C)C1. The molecule has 1 fully saturated rings. The van der Waals surface area contributed by atoms with Gasteiger partial charge in [-0.25, -0.2) is 0 Å². The van der Waals surface area contributed by atoms with Crippen molar-refractivity contribution in [2.75, 3.05) is 26.7 Å². The van der Waals surface area contributed by atoms with Crippen LogP contribution >= 0.6 is 0 Å². The summed E-state index contributed by atoms with van der Waals surface area (Å²) in [6, 6.07) is 10.7. The van der Waals surface area contributed by atoms with Gasteiger partial charge >= 0.3 is 0 Å². The van der Waals surface area contributed by atoms with E-state index in [0.29, 0.717) is 6.54 Å². The van der Waals surface area contributed by atoms with Crippen LogP contribution in [0.2, 0.25) is 0 Å². The van der Waals surface area contributed by atoms with Crippen LogP contribution in [0.4, 0.5) is 0 Å². The van der Waals surface area contributed by atoms with Gasteiger partial charge in [-0.05, 0) is 45.7 Å². The molecule has 1 unspecified atom stereocenters. The Balaban J connectivity index is 2.00. The van der Waals surface area contributed by atoms with Crippen molar-refractivity contribution in [3.05, 3.63) is 35.9 Å². The predicted molar refractivity (Wildman–Crippen MR) is 83.8 cm³/mol. The summed E-state index contributed by atoms with van der Waals surface area (Å²) >= 11 is 0. The number of hydrogen-bond donors (Lipinski definition) is 1. The molecule has 0 amide bonds. The standard InChI is InChI=1S/C17H28N2O/c1-16(2)13-17(14-18,10-12-20-16)19(3)11-9-15-7-5-4-6-8-15/h4-8H,9-14,18H2,1-3H3. The largest absolute Gasteiger partial charge is 0.375 e. The van der Waals surface area contributed by atoms with Crippen molar-refractivity contribution in [2.24, 2.45) is 5.73 Å². The highest BCUT2D eigenvalue weighted by molar-refractivity contribution is 5.15. The molecule has 0 spiro atoms. The average molecular weight is 276 g/mol. The third kappa shape index (κ3) is 3.60. The maximum atomic E-state index is 6.13. The Hall–Kier alpha value is -0.900. The minimum absolute atomic E-state index is 0.0708. The Morgan fingerprint density at radius 1 is 1.25 bits per heavy atom. The summed E-state index contributed by atoms with van der Waals surface area (Å²) < 4.78 is 5.85. The normalized spacial score (nSPS) is 25.9. The molecule has 1 saturated heterocycles. The molecule has 0 aromatic heterocycles. The third-order valence-electron chi connectivity index (χ3n) is 4.58. The van der Waals surface area contributed by atoms with Crippen molar-refractivity contribution < 1.29 is 4.74 Å². The van der Waals surface area contributed by atoms with Crippen LogP contribution < -0.4 is 5.73 Å². The van der Waals surface area contributed by atoms with Gasteiger partial charge in [0.1, 0.15) is 0 Å². The Morgan fingerprint density at radius 3 is 2.55 bits per heavy atom. The first-order valence-corrected chi connectivity index (χ1v) is 7.57. The van der Waals surface area contributed by atoms with Crippen LogP contribution in [0.25, 0.3) is 0 Å². The molecule has 0 aliphatic carbocycles. The first kappa shape index (κ1) is 15.5. The molecular formula is C17H28N2O. The topological polar surface area (TPSA) is 38.5 Å². The van der Waals surface area contributed by atoms with E-state index in [2.05, 4.69) is 56.1 Å². The van der Waals surface area contributed by atoms with Gasteiger partial charge in [-0.15, -0.1) is 0 Å². The number of ether oxygens (including phenoxy) is 1. The van der Waals surface area contributed by atoms with E-state index in [4.69, 9.17) is 10.5 Å². The highest BCUT2D eigenvalue weighted by Crippen LogP contribution is 2.35. The number of rotatable bonds is 5. The molecule has 1 aliphatic heterocycles. The minimum Gasteiger partial charge on any atom is -0.375 e. The van der Waals surface area contributed by atoms with Gasteiger partial charge in [-0.2, -0.15) is 0 Å². The van der Waals surface area contributed by atoms with Crippen LogP contribution in [0.5, 0.6) is 0 Å². The van der Waals surface area contributed by atoms with Crippen LogP contribution in [-0.4, -0.2) is 42.8 Å². The van der Waals surface area contributed by atoms with E-state index in [1.165, 1.54) is 5.56 Å². The second-order valence-corrected chi connectivity index (χ2v) is 6.62. The molecule has 3 nitrogen and oxygen atoms in total. The second kappa shape index (κ2) is 6.25. The molecule has 1 aromatic rings. The first-order chi connectivity index (χ1) is 9.47. The van der Waals surface area contributed by atoms with Crippen molar-refractivity contribution >= 4 is 0 Å². The zero-order chi connectivity index (χ0) is 14.6. The van der Waals surface area contributed by atoms with Crippen LogP contribution in [0.15, 0.2) is 30.3 Å². The molecule has 2 rings (SSSR count). The lowest BCUT2D eigenvalue weighted by atomic mass is 9.80. The van der Waals surface area contributed by atoms with Gasteiger partial charge in [0.2, 0.25) is 0 Å². The maximum absolute atomic E-state index is 6.13. The first-order valence-electron chi connectivity index (χ1n) is 7.57. The van der Waals surface area contributed by atoms with Crippen LogP contribution in [0.1, 0.15) is 32.3 Å². The average Bonchev–Trinajstić information content (AvgIpc) is 2.44. The van der Waals surface area contributed by atoms with Crippen LogP contribution in [0, 0.1) is 0 Å². The molecule has 1 aliphatic rings. The number of nitrogens with two attached hydrogens (primary N) is 1. The zero-order valence-electron chi connectivity index (χ0n) is 13.1. The third-order valence-corrected chi connectivity index (χ3v) is 4.58. The molecule has 0 radical (unpaired) electrons. The summed E-state index contributed by atoms with van der Waals surface area (Å²) in [5.74, 6) is 0. The van der Waals surface area contributed by atoms with Gasteiger partial charge < -0.3 is 10.5 Å². The Bertz CT molecular complexity index is 418. The summed E-state index contributed by atoms with van der Waals surface area (Å²) in [7, 11) is 2.21. The highest BCUT2D eigenvalue weighted by Gasteiger charge is 2.42. The fraction of sp³-hybridized carbons (Fsp3) is 0.647. The van der Waals surface area contributed by atoms with Crippen molar-refractivity contribution in [2.45, 2.75) is 44.2 Å². The molecule has 0 saturated carbocycles. The summed E-state index contributed by atoms with van der Waals surface area (Å²) in [6.07, 6.45) is 3.10. The Morgan fingerprint density at radius 2 is 1.95 bits per heavy atom. The predicted octanol–water partition coefficient (Wildman–Crippen LogP) is 2.45. The number of likely N-dealkylation sites (N-methyl/N-ethyl adjacent to an activating group) is 1. The van der Waals surface area contributed by atoms with E-state index in [9.17, 15) is 0 Å². The molecule has 1 aromatic carbocycles. The van der Waals surface area contributed by atoms with Crippen molar-refractivity contribution in [3.8, 4) is 0 Å². The quantitative estimate of drug-likeness (QED) is 0.898. The van der Waals surface area contributed by atoms with Gasteiger partial charge in [0.25, 0.3) is 0 Å². The summed E-state index contributed by atoms with van der Waals surface area (Å²) in [5.41, 5.74) is 7.53. The van der Waals surface area contributed by atoms with Crippen molar-refractivity contribution in [1.29, 1.82) is 0 Å². The summed E-state index contributed by atoms with van der Waals surface area (Å²) in [4.78, 5) is 2.45. The van der Waals surface area contributed by atoms with E-state index in [0.717, 1.165) is 32.4 Å². The maximum Gasteiger partial charge on any atom is 0.0644 e. The van der Waals surface area contributed by atoms with Crippen LogP contribution in [-0.2, 0) is 11.2 Å². The summed E-state index contributed by atoms with van der Waals surface area (Å²) in [5, 5.41) is 0. The molecule has 112 valence electrons. The zero-order valence-corrected chi connectivity index (χ0v) is 13.1. The van der Waals surface area contributed by atoms with Gasteiger partial charge in [0.05, 0.1) is 5.60 Å². The highest BCUT2D eigenvalue weighted by atomic mass is 16.5. The molecule has 20 heavy (non-hydrogen) atoms. The lowest BCUT2D eigenvalue weighted by Crippen LogP contribution is -2.59. The monoisotopic (exact) mass is 276 g/mol. The van der Waals surface area contributed by atoms with Gasteiger partial charge in [0, 0.05) is 25.2 Å². The minimum atomic E-state index is -0.0708. The molecule has 0 bridgehead atoms. The second-order valence-electron chi connectivity index (χ2n) is 6.62. The van der Waals surface area contributed by atoms with Crippen molar-refractivity contribution in [1.82, 2.24) is 4.90 Å². The van der Waals surface area contributed by atoms with E-state index in [1.54, 1.807) is 0 Å². The fourth-order valence-corrected chi connectivity index (χ4v) is 3.28. The van der Waals surface area contributed by atoms with Gasteiger partial charge in [-0.1, -0.05) is 30.3 Å². The Kier molecular flexibility index (Phi) is 4.84. The fourth-order valence-electron chi connectivity index (χ4n) is 3.28. The van der Waals surface area contributed by atoms with Crippen molar-refractivity contribution in [3.63, 3.8) is 0 Å². The van der Waals surface area contributed by atoms with Gasteiger partial charge in [0.15, 0.2) is 0 Å².